The van der Waals surface area contributed by atoms with Crippen molar-refractivity contribution in [3.05, 3.63) is 28.3 Å². The molecular formula is C23H31N5O6. The Morgan fingerprint density at radius 2 is 1.94 bits per heavy atom. The third-order valence-corrected chi connectivity index (χ3v) is 6.10. The number of cyclic esters (lactones) is 1. The summed E-state index contributed by atoms with van der Waals surface area (Å²) in [4.78, 5) is 49.1. The highest BCUT2D eigenvalue weighted by Gasteiger charge is 2.29. The largest absolute Gasteiger partial charge is 0.486 e. The first-order chi connectivity index (χ1) is 16.4. The van der Waals surface area contributed by atoms with E-state index in [0.29, 0.717) is 25.3 Å². The number of hydrogen-bond donors (Lipinski definition) is 0. The zero-order chi connectivity index (χ0) is 24.2. The first-order valence-corrected chi connectivity index (χ1v) is 11.6. The Bertz CT molecular complexity index is 1130. The monoisotopic (exact) mass is 473 g/mol. The van der Waals surface area contributed by atoms with E-state index >= 15 is 0 Å². The fraction of sp³-hybridized carbons (Fsp3) is 0.565. The summed E-state index contributed by atoms with van der Waals surface area (Å²) >= 11 is 0. The maximum Gasteiger partial charge on any atom is 0.414 e. The first kappa shape index (κ1) is 23.8. The number of amides is 1. The predicted octanol–water partition coefficient (Wildman–Crippen LogP) is 1.76. The van der Waals surface area contributed by atoms with Crippen molar-refractivity contribution in [1.82, 2.24) is 14.3 Å². The number of rotatable bonds is 7. The molecule has 2 aliphatic rings. The van der Waals surface area contributed by atoms with Gasteiger partial charge in [0, 0.05) is 38.9 Å². The molecule has 0 aromatic carbocycles. The second-order valence-electron chi connectivity index (χ2n) is 8.48. The van der Waals surface area contributed by atoms with Gasteiger partial charge < -0.3 is 24.0 Å². The predicted molar refractivity (Wildman–Crippen MR) is 126 cm³/mol. The quantitative estimate of drug-likeness (QED) is 0.439. The lowest BCUT2D eigenvalue weighted by molar-refractivity contribution is 0.0588. The van der Waals surface area contributed by atoms with Gasteiger partial charge in [0.15, 0.2) is 11.3 Å². The van der Waals surface area contributed by atoms with Crippen LogP contribution >= 0.6 is 0 Å². The smallest absolute Gasteiger partial charge is 0.414 e. The Labute approximate surface area is 197 Å². The number of piperazine rings is 1. The van der Waals surface area contributed by atoms with E-state index in [1.165, 1.54) is 16.4 Å². The average molecular weight is 474 g/mol. The molecule has 0 saturated carbocycles. The molecule has 4 rings (SSSR count). The molecule has 0 bridgehead atoms. The van der Waals surface area contributed by atoms with E-state index < -0.39 is 17.6 Å². The highest BCUT2D eigenvalue weighted by atomic mass is 16.6. The molecule has 0 atom stereocenters. The molecule has 11 heteroatoms. The second-order valence-corrected chi connectivity index (χ2v) is 8.48. The maximum atomic E-state index is 13.6. The van der Waals surface area contributed by atoms with Gasteiger partial charge in [0.2, 0.25) is 5.75 Å². The van der Waals surface area contributed by atoms with E-state index in [1.54, 1.807) is 6.20 Å². The summed E-state index contributed by atoms with van der Waals surface area (Å²) in [5, 5.41) is 0. The van der Waals surface area contributed by atoms with Crippen molar-refractivity contribution in [2.75, 3.05) is 69.9 Å². The number of methoxy groups -OCH3 is 1. The number of carbonyl (C=O) groups excluding carboxylic acids is 2. The van der Waals surface area contributed by atoms with E-state index in [2.05, 4.69) is 21.8 Å². The molecule has 184 valence electrons. The van der Waals surface area contributed by atoms with Gasteiger partial charge in [0.1, 0.15) is 0 Å². The Morgan fingerprint density at radius 1 is 1.18 bits per heavy atom. The van der Waals surface area contributed by atoms with Crippen LogP contribution in [0.5, 0.6) is 5.75 Å². The molecule has 2 aromatic heterocycles. The highest BCUT2D eigenvalue weighted by molar-refractivity contribution is 5.96. The van der Waals surface area contributed by atoms with Gasteiger partial charge >= 0.3 is 17.6 Å². The number of pyridine rings is 1. The highest BCUT2D eigenvalue weighted by Crippen LogP contribution is 2.30. The molecule has 2 aromatic rings. The number of fused-ring (bicyclic) bond motifs is 1. The van der Waals surface area contributed by atoms with E-state index in [4.69, 9.17) is 14.2 Å². The zero-order valence-electron chi connectivity index (χ0n) is 19.9. The van der Waals surface area contributed by atoms with Crippen LogP contribution in [0, 0.1) is 0 Å². The molecular weight excluding hydrogens is 442 g/mol. The summed E-state index contributed by atoms with van der Waals surface area (Å²) in [6.07, 6.45) is 3.41. The number of ether oxygens (including phenoxy) is 3. The van der Waals surface area contributed by atoms with Crippen LogP contribution in [0.3, 0.4) is 0 Å². The molecule has 0 unspecified atom stereocenters. The van der Waals surface area contributed by atoms with Gasteiger partial charge in [-0.2, -0.15) is 0 Å². The van der Waals surface area contributed by atoms with Crippen LogP contribution in [-0.2, 0) is 9.47 Å². The van der Waals surface area contributed by atoms with Gasteiger partial charge in [0.25, 0.3) is 0 Å². The lowest BCUT2D eigenvalue weighted by Gasteiger charge is -2.35. The molecule has 0 radical (unpaired) electrons. The summed E-state index contributed by atoms with van der Waals surface area (Å²) < 4.78 is 17.2. The lowest BCUT2D eigenvalue weighted by Crippen LogP contribution is -2.45. The Hall–Kier alpha value is -3.34. The number of likely N-dealkylation sites (N-methyl/N-ethyl adjacent to an activating group) is 1. The Kier molecular flexibility index (Phi) is 7.20. The number of hydrogen-bond acceptors (Lipinski definition) is 9. The summed E-state index contributed by atoms with van der Waals surface area (Å²) in [5.74, 6) is -0.929. The van der Waals surface area contributed by atoms with Crippen LogP contribution in [0.25, 0.3) is 5.65 Å². The van der Waals surface area contributed by atoms with Gasteiger partial charge in [-0.05, 0) is 26.0 Å². The molecule has 0 N–H and O–H groups in total. The molecule has 2 fully saturated rings. The minimum atomic E-state index is -0.776. The lowest BCUT2D eigenvalue weighted by atomic mass is 10.2. The maximum absolute atomic E-state index is 13.6. The molecule has 0 aliphatic carbocycles. The summed E-state index contributed by atoms with van der Waals surface area (Å²) in [6, 6.07) is 1.83. The SMILES string of the molecule is CCCCOc1c(C(=O)OC)nc2c(N3CCCOC3=O)cc(N3CCN(C)CC3)cn2c1=O. The molecule has 2 saturated heterocycles. The van der Waals surface area contributed by atoms with Crippen molar-refractivity contribution in [2.45, 2.75) is 26.2 Å². The Balaban J connectivity index is 1.92. The average Bonchev–Trinajstić information content (AvgIpc) is 2.85. The molecule has 2 aliphatic heterocycles. The standard InChI is InChI=1S/C23H31N5O6/c1-4-5-12-33-19-18(22(30)32-3)24-20-17(27-7-6-13-34-23(27)31)14-16(15-28(20)21(19)29)26-10-8-25(2)9-11-26/h14-15H,4-13H2,1-3H3. The van der Waals surface area contributed by atoms with Crippen LogP contribution < -0.4 is 20.1 Å². The fourth-order valence-corrected chi connectivity index (χ4v) is 4.08. The van der Waals surface area contributed by atoms with E-state index in [1.807, 2.05) is 13.0 Å². The fourth-order valence-electron chi connectivity index (χ4n) is 4.08. The van der Waals surface area contributed by atoms with Gasteiger partial charge in [-0.15, -0.1) is 0 Å². The van der Waals surface area contributed by atoms with E-state index in [9.17, 15) is 14.4 Å². The first-order valence-electron chi connectivity index (χ1n) is 11.6. The van der Waals surface area contributed by atoms with Crippen molar-refractivity contribution < 1.29 is 23.8 Å². The van der Waals surface area contributed by atoms with Crippen molar-refractivity contribution in [1.29, 1.82) is 0 Å². The summed E-state index contributed by atoms with van der Waals surface area (Å²) in [7, 11) is 3.29. The van der Waals surface area contributed by atoms with Gasteiger partial charge in [-0.3, -0.25) is 14.1 Å². The van der Waals surface area contributed by atoms with Crippen LogP contribution in [0.2, 0.25) is 0 Å². The number of unbranched alkanes of at least 4 members (excludes halogenated alkanes) is 1. The molecule has 11 nitrogen and oxygen atoms in total. The molecule has 34 heavy (non-hydrogen) atoms. The third kappa shape index (κ3) is 4.65. The van der Waals surface area contributed by atoms with Crippen molar-refractivity contribution in [3.63, 3.8) is 0 Å². The number of aromatic nitrogens is 2. The van der Waals surface area contributed by atoms with Crippen LogP contribution in [0.15, 0.2) is 17.1 Å². The van der Waals surface area contributed by atoms with Gasteiger partial charge in [-0.1, -0.05) is 13.3 Å². The minimum absolute atomic E-state index is 0.152. The topological polar surface area (TPSA) is 106 Å². The van der Waals surface area contributed by atoms with Crippen LogP contribution in [0.4, 0.5) is 16.2 Å². The number of anilines is 2. The molecule has 0 spiro atoms. The zero-order valence-corrected chi connectivity index (χ0v) is 19.9. The van der Waals surface area contributed by atoms with Crippen molar-refractivity contribution >= 4 is 29.1 Å². The van der Waals surface area contributed by atoms with Gasteiger partial charge in [-0.25, -0.2) is 14.6 Å². The molecule has 1 amide bonds. The van der Waals surface area contributed by atoms with Gasteiger partial charge in [0.05, 0.1) is 31.7 Å². The summed E-state index contributed by atoms with van der Waals surface area (Å²) in [5.41, 5.74) is 0.628. The third-order valence-electron chi connectivity index (χ3n) is 6.10. The van der Waals surface area contributed by atoms with Crippen molar-refractivity contribution in [2.24, 2.45) is 0 Å². The summed E-state index contributed by atoms with van der Waals surface area (Å²) in [6.45, 7) is 6.32. The number of nitrogens with zero attached hydrogens (tertiary/aromatic N) is 5. The van der Waals surface area contributed by atoms with Crippen LogP contribution in [-0.4, -0.2) is 86.4 Å². The Morgan fingerprint density at radius 3 is 2.62 bits per heavy atom. The van der Waals surface area contributed by atoms with Crippen LogP contribution in [0.1, 0.15) is 36.7 Å². The molecule has 4 heterocycles. The second kappa shape index (κ2) is 10.3. The van der Waals surface area contributed by atoms with Crippen molar-refractivity contribution in [3.8, 4) is 5.75 Å². The number of carbonyl (C=O) groups is 2. The van der Waals surface area contributed by atoms with E-state index in [0.717, 1.165) is 44.7 Å². The minimum Gasteiger partial charge on any atom is -0.486 e. The normalized spacial score (nSPS) is 17.1. The van der Waals surface area contributed by atoms with E-state index in [-0.39, 0.29) is 23.7 Å². The number of esters is 1.